The number of carbonyl (C=O) groups is 1. The second-order valence-corrected chi connectivity index (χ2v) is 4.33. The molecule has 1 atom stereocenters. The molecule has 104 valence electrons. The van der Waals surface area contributed by atoms with Crippen LogP contribution in [0.25, 0.3) is 0 Å². The highest BCUT2D eigenvalue weighted by Gasteiger charge is 2.24. The summed E-state index contributed by atoms with van der Waals surface area (Å²) in [4.78, 5) is 12.7. The number of nitrogens with zero attached hydrogens (tertiary/aromatic N) is 1. The van der Waals surface area contributed by atoms with Crippen LogP contribution in [0.5, 0.6) is 5.75 Å². The minimum Gasteiger partial charge on any atom is -0.435 e. The first-order valence-corrected chi connectivity index (χ1v) is 5.96. The highest BCUT2D eigenvalue weighted by atomic mass is 19.3. The molecule has 1 fully saturated rings. The molecule has 0 spiro atoms. The monoisotopic (exact) mass is 271 g/mol. The highest BCUT2D eigenvalue weighted by Crippen LogP contribution is 2.28. The van der Waals surface area contributed by atoms with Crippen LogP contribution >= 0.6 is 0 Å². The molecule has 0 unspecified atom stereocenters. The van der Waals surface area contributed by atoms with Crippen molar-refractivity contribution in [1.29, 1.82) is 0 Å². The molecule has 1 saturated heterocycles. The molecule has 0 bridgehead atoms. The summed E-state index contributed by atoms with van der Waals surface area (Å²) in [7, 11) is 0. The van der Waals surface area contributed by atoms with E-state index in [1.165, 1.54) is 6.07 Å². The molecule has 0 aromatic heterocycles. The molecule has 1 aromatic carbocycles. The fourth-order valence-electron chi connectivity index (χ4n) is 2.21. The second kappa shape index (κ2) is 5.97. The minimum atomic E-state index is -2.84. The lowest BCUT2D eigenvalue weighted by Crippen LogP contribution is -2.38. The summed E-state index contributed by atoms with van der Waals surface area (Å²) < 4.78 is 34.0. The van der Waals surface area contributed by atoms with E-state index in [1.807, 2.05) is 0 Å². The van der Waals surface area contributed by atoms with E-state index in [0.717, 1.165) is 17.5 Å². The Hall–Kier alpha value is -1.69. The van der Waals surface area contributed by atoms with E-state index in [4.69, 9.17) is 4.74 Å². The van der Waals surface area contributed by atoms with E-state index in [0.29, 0.717) is 19.8 Å². The molecule has 0 aliphatic carbocycles. The first-order chi connectivity index (χ1) is 9.11. The van der Waals surface area contributed by atoms with Crippen LogP contribution in [0, 0.1) is 6.92 Å². The van der Waals surface area contributed by atoms with Crippen molar-refractivity contribution in [2.45, 2.75) is 19.6 Å². The predicted octanol–water partition coefficient (Wildman–Crippen LogP) is 2.13. The van der Waals surface area contributed by atoms with Crippen molar-refractivity contribution >= 4 is 6.41 Å². The number of ether oxygens (including phenoxy) is 2. The van der Waals surface area contributed by atoms with Gasteiger partial charge in [0.25, 0.3) is 0 Å². The Morgan fingerprint density at radius 1 is 1.53 bits per heavy atom. The van der Waals surface area contributed by atoms with Gasteiger partial charge in [-0.15, -0.1) is 0 Å². The Morgan fingerprint density at radius 2 is 2.32 bits per heavy atom. The molecule has 1 heterocycles. The number of amides is 1. The molecule has 1 aliphatic rings. The van der Waals surface area contributed by atoms with Crippen LogP contribution in [0.15, 0.2) is 18.2 Å². The molecule has 1 amide bonds. The number of alkyl halides is 2. The first-order valence-electron chi connectivity index (χ1n) is 5.96. The van der Waals surface area contributed by atoms with Gasteiger partial charge in [0.2, 0.25) is 6.41 Å². The summed E-state index contributed by atoms with van der Waals surface area (Å²) in [6, 6.07) is 4.54. The van der Waals surface area contributed by atoms with E-state index in [1.54, 1.807) is 24.0 Å². The molecule has 19 heavy (non-hydrogen) atoms. The van der Waals surface area contributed by atoms with E-state index in [2.05, 4.69) is 4.74 Å². The first kappa shape index (κ1) is 13.7. The molecule has 6 heteroatoms. The Morgan fingerprint density at radius 3 is 2.95 bits per heavy atom. The SMILES string of the molecule is Cc1cc(OC(F)F)ccc1[C@H]1COCCN1C=O. The van der Waals surface area contributed by atoms with E-state index >= 15 is 0 Å². The molecule has 0 radical (unpaired) electrons. The van der Waals surface area contributed by atoms with Gasteiger partial charge in [-0.2, -0.15) is 8.78 Å². The Bertz CT molecular complexity index is 454. The summed E-state index contributed by atoms with van der Waals surface area (Å²) in [5.41, 5.74) is 1.67. The normalized spacial score (nSPS) is 19.6. The third kappa shape index (κ3) is 3.20. The van der Waals surface area contributed by atoms with Gasteiger partial charge in [-0.3, -0.25) is 4.79 Å². The van der Waals surface area contributed by atoms with Crippen molar-refractivity contribution in [2.24, 2.45) is 0 Å². The van der Waals surface area contributed by atoms with Crippen molar-refractivity contribution in [3.8, 4) is 5.75 Å². The lowest BCUT2D eigenvalue weighted by atomic mass is 9.99. The number of carbonyl (C=O) groups excluding carboxylic acids is 1. The summed E-state index contributed by atoms with van der Waals surface area (Å²) in [6.45, 7) is 0.415. The average Bonchev–Trinajstić information content (AvgIpc) is 2.38. The number of halogens is 2. The van der Waals surface area contributed by atoms with Gasteiger partial charge in [0, 0.05) is 6.54 Å². The smallest absolute Gasteiger partial charge is 0.387 e. The molecule has 1 aliphatic heterocycles. The van der Waals surface area contributed by atoms with Crippen LogP contribution in [0.3, 0.4) is 0 Å². The van der Waals surface area contributed by atoms with Gasteiger partial charge in [-0.1, -0.05) is 6.07 Å². The van der Waals surface area contributed by atoms with Crippen molar-refractivity contribution in [2.75, 3.05) is 19.8 Å². The second-order valence-electron chi connectivity index (χ2n) is 4.33. The maximum Gasteiger partial charge on any atom is 0.387 e. The summed E-state index contributed by atoms with van der Waals surface area (Å²) in [5, 5.41) is 0. The number of rotatable bonds is 4. The fraction of sp³-hybridized carbons (Fsp3) is 0.462. The van der Waals surface area contributed by atoms with Crippen molar-refractivity contribution < 1.29 is 23.0 Å². The summed E-state index contributed by atoms with van der Waals surface area (Å²) in [5.74, 6) is 0.116. The lowest BCUT2D eigenvalue weighted by Gasteiger charge is -2.33. The molecule has 2 rings (SSSR count). The zero-order chi connectivity index (χ0) is 13.8. The number of hydrogen-bond donors (Lipinski definition) is 0. The van der Waals surface area contributed by atoms with E-state index < -0.39 is 6.61 Å². The third-order valence-corrected chi connectivity index (χ3v) is 3.13. The van der Waals surface area contributed by atoms with Crippen molar-refractivity contribution in [3.63, 3.8) is 0 Å². The van der Waals surface area contributed by atoms with Gasteiger partial charge in [0.15, 0.2) is 0 Å². The van der Waals surface area contributed by atoms with Crippen molar-refractivity contribution in [1.82, 2.24) is 4.90 Å². The minimum absolute atomic E-state index is 0.116. The molecule has 1 aromatic rings. The highest BCUT2D eigenvalue weighted by molar-refractivity contribution is 5.50. The maximum atomic E-state index is 12.1. The fourth-order valence-corrected chi connectivity index (χ4v) is 2.21. The lowest BCUT2D eigenvalue weighted by molar-refractivity contribution is -0.126. The number of hydrogen-bond acceptors (Lipinski definition) is 3. The van der Waals surface area contributed by atoms with Crippen molar-refractivity contribution in [3.05, 3.63) is 29.3 Å². The van der Waals surface area contributed by atoms with Gasteiger partial charge < -0.3 is 14.4 Å². The molecule has 4 nitrogen and oxygen atoms in total. The van der Waals surface area contributed by atoms with E-state index in [9.17, 15) is 13.6 Å². The Labute approximate surface area is 109 Å². The summed E-state index contributed by atoms with van der Waals surface area (Å²) in [6.07, 6.45) is 0.788. The van der Waals surface area contributed by atoms with Crippen LogP contribution < -0.4 is 4.74 Å². The van der Waals surface area contributed by atoms with Gasteiger partial charge in [0.1, 0.15) is 5.75 Å². The topological polar surface area (TPSA) is 38.8 Å². The average molecular weight is 271 g/mol. The molecular formula is C13H15F2NO3. The van der Waals surface area contributed by atoms with E-state index in [-0.39, 0.29) is 11.8 Å². The van der Waals surface area contributed by atoms with Gasteiger partial charge >= 0.3 is 6.61 Å². The van der Waals surface area contributed by atoms with Gasteiger partial charge in [-0.25, -0.2) is 0 Å². The van der Waals surface area contributed by atoms with Gasteiger partial charge in [-0.05, 0) is 30.2 Å². The Kier molecular flexibility index (Phi) is 4.31. The molecule has 0 N–H and O–H groups in total. The van der Waals surface area contributed by atoms with Crippen LogP contribution in [0.4, 0.5) is 8.78 Å². The maximum absolute atomic E-state index is 12.1. The number of benzene rings is 1. The van der Waals surface area contributed by atoms with Crippen LogP contribution in [-0.4, -0.2) is 37.7 Å². The van der Waals surface area contributed by atoms with Crippen LogP contribution in [-0.2, 0) is 9.53 Å². The van der Waals surface area contributed by atoms with Crippen LogP contribution in [0.1, 0.15) is 17.2 Å². The summed E-state index contributed by atoms with van der Waals surface area (Å²) >= 11 is 0. The number of aryl methyl sites for hydroxylation is 1. The Balaban J connectivity index is 2.21. The third-order valence-electron chi connectivity index (χ3n) is 3.13. The van der Waals surface area contributed by atoms with Gasteiger partial charge in [0.05, 0.1) is 19.3 Å². The zero-order valence-corrected chi connectivity index (χ0v) is 10.5. The quantitative estimate of drug-likeness (QED) is 0.787. The molecule has 0 saturated carbocycles. The zero-order valence-electron chi connectivity index (χ0n) is 10.5. The standard InChI is InChI=1S/C13H15F2NO3/c1-9-6-10(19-13(14)15)2-3-11(9)12-7-18-5-4-16(12)8-17/h2-3,6,8,12-13H,4-5,7H2,1H3/t12-/m1/s1. The largest absolute Gasteiger partial charge is 0.435 e. The molecular weight excluding hydrogens is 256 g/mol. The predicted molar refractivity (Wildman–Crippen MR) is 64.1 cm³/mol. The number of morpholine rings is 1. The van der Waals surface area contributed by atoms with Crippen LogP contribution in [0.2, 0.25) is 0 Å².